The molecule has 0 aromatic heterocycles. The third kappa shape index (κ3) is 2.78. The van der Waals surface area contributed by atoms with Crippen molar-refractivity contribution in [3.63, 3.8) is 0 Å². The molecule has 2 aliphatic heterocycles. The highest BCUT2D eigenvalue weighted by atomic mass is 16.5. The SMILES string of the molecule is Cc1ccc2c(c1)OCCN2C(=O)CC1COCCN1. The molecule has 1 aromatic carbocycles. The molecule has 20 heavy (non-hydrogen) atoms. The molecule has 0 spiro atoms. The molecule has 1 unspecified atom stereocenters. The highest BCUT2D eigenvalue weighted by molar-refractivity contribution is 5.95. The number of anilines is 1. The molecule has 1 saturated heterocycles. The van der Waals surface area contributed by atoms with Gasteiger partial charge in [-0.05, 0) is 24.6 Å². The summed E-state index contributed by atoms with van der Waals surface area (Å²) < 4.78 is 11.0. The number of hydrogen-bond donors (Lipinski definition) is 1. The molecule has 0 bridgehead atoms. The quantitative estimate of drug-likeness (QED) is 0.879. The topological polar surface area (TPSA) is 50.8 Å². The van der Waals surface area contributed by atoms with Gasteiger partial charge < -0.3 is 19.7 Å². The zero-order valence-electron chi connectivity index (χ0n) is 11.7. The van der Waals surface area contributed by atoms with Crippen LogP contribution in [0.1, 0.15) is 12.0 Å². The van der Waals surface area contributed by atoms with Crippen LogP contribution in [0.4, 0.5) is 5.69 Å². The predicted molar refractivity (Wildman–Crippen MR) is 76.3 cm³/mol. The van der Waals surface area contributed by atoms with Crippen LogP contribution in [0, 0.1) is 6.92 Å². The van der Waals surface area contributed by atoms with Crippen LogP contribution in [0.3, 0.4) is 0 Å². The Morgan fingerprint density at radius 1 is 1.45 bits per heavy atom. The molecule has 1 N–H and O–H groups in total. The van der Waals surface area contributed by atoms with E-state index in [2.05, 4.69) is 5.32 Å². The number of aryl methyl sites for hydroxylation is 1. The highest BCUT2D eigenvalue weighted by Gasteiger charge is 2.26. The van der Waals surface area contributed by atoms with E-state index in [-0.39, 0.29) is 11.9 Å². The second-order valence-corrected chi connectivity index (χ2v) is 5.30. The molecule has 5 nitrogen and oxygen atoms in total. The molecule has 0 saturated carbocycles. The van der Waals surface area contributed by atoms with Gasteiger partial charge in [-0.3, -0.25) is 4.79 Å². The van der Waals surface area contributed by atoms with Gasteiger partial charge >= 0.3 is 0 Å². The summed E-state index contributed by atoms with van der Waals surface area (Å²) in [5.74, 6) is 0.929. The van der Waals surface area contributed by atoms with Crippen molar-refractivity contribution in [2.75, 3.05) is 37.8 Å². The average molecular weight is 276 g/mol. The number of benzene rings is 1. The Morgan fingerprint density at radius 2 is 2.35 bits per heavy atom. The molecule has 108 valence electrons. The molecular formula is C15H20N2O3. The Kier molecular flexibility index (Phi) is 3.89. The van der Waals surface area contributed by atoms with E-state index in [1.807, 2.05) is 30.0 Å². The Bertz CT molecular complexity index is 498. The molecular weight excluding hydrogens is 256 g/mol. The van der Waals surface area contributed by atoms with Crippen molar-refractivity contribution in [3.05, 3.63) is 23.8 Å². The largest absolute Gasteiger partial charge is 0.490 e. The van der Waals surface area contributed by atoms with E-state index in [1.54, 1.807) is 0 Å². The number of carbonyl (C=O) groups excluding carboxylic acids is 1. The Morgan fingerprint density at radius 3 is 3.15 bits per heavy atom. The summed E-state index contributed by atoms with van der Waals surface area (Å²) in [6, 6.07) is 6.08. The number of hydrogen-bond acceptors (Lipinski definition) is 4. The Hall–Kier alpha value is -1.59. The zero-order valence-corrected chi connectivity index (χ0v) is 11.7. The number of nitrogens with zero attached hydrogens (tertiary/aromatic N) is 1. The first kappa shape index (κ1) is 13.4. The summed E-state index contributed by atoms with van der Waals surface area (Å²) in [5, 5.41) is 3.32. The van der Waals surface area contributed by atoms with Crippen LogP contribution in [-0.4, -0.2) is 44.9 Å². The minimum atomic E-state index is 0.119. The fourth-order valence-corrected chi connectivity index (χ4v) is 2.66. The maximum Gasteiger partial charge on any atom is 0.228 e. The minimum absolute atomic E-state index is 0.119. The van der Waals surface area contributed by atoms with Crippen molar-refractivity contribution in [2.45, 2.75) is 19.4 Å². The van der Waals surface area contributed by atoms with E-state index in [0.717, 1.165) is 30.2 Å². The predicted octanol–water partition coefficient (Wildman–Crippen LogP) is 1.10. The van der Waals surface area contributed by atoms with Crippen molar-refractivity contribution in [1.29, 1.82) is 0 Å². The number of rotatable bonds is 2. The van der Waals surface area contributed by atoms with Crippen molar-refractivity contribution in [3.8, 4) is 5.75 Å². The summed E-state index contributed by atoms with van der Waals surface area (Å²) in [4.78, 5) is 14.3. The van der Waals surface area contributed by atoms with Gasteiger partial charge in [0, 0.05) is 19.0 Å². The van der Waals surface area contributed by atoms with Gasteiger partial charge in [0.1, 0.15) is 12.4 Å². The maximum absolute atomic E-state index is 12.5. The van der Waals surface area contributed by atoms with Gasteiger partial charge in [0.15, 0.2) is 0 Å². The molecule has 2 heterocycles. The lowest BCUT2D eigenvalue weighted by atomic mass is 10.1. The van der Waals surface area contributed by atoms with E-state index < -0.39 is 0 Å². The number of nitrogens with one attached hydrogen (secondary N) is 1. The molecule has 0 aliphatic carbocycles. The van der Waals surface area contributed by atoms with Crippen LogP contribution in [0.25, 0.3) is 0 Å². The van der Waals surface area contributed by atoms with E-state index in [1.165, 1.54) is 0 Å². The summed E-state index contributed by atoms with van der Waals surface area (Å²) in [7, 11) is 0. The third-order valence-corrected chi connectivity index (χ3v) is 3.70. The van der Waals surface area contributed by atoms with Crippen LogP contribution in [0.2, 0.25) is 0 Å². The van der Waals surface area contributed by atoms with Crippen LogP contribution in [0.15, 0.2) is 18.2 Å². The first-order valence-corrected chi connectivity index (χ1v) is 7.09. The normalized spacial score (nSPS) is 22.1. The lowest BCUT2D eigenvalue weighted by molar-refractivity contribution is -0.120. The minimum Gasteiger partial charge on any atom is -0.490 e. The zero-order chi connectivity index (χ0) is 13.9. The van der Waals surface area contributed by atoms with Gasteiger partial charge in [0.25, 0.3) is 0 Å². The number of ether oxygens (including phenoxy) is 2. The molecule has 3 rings (SSSR count). The van der Waals surface area contributed by atoms with Gasteiger partial charge in [0.05, 0.1) is 25.4 Å². The first-order chi connectivity index (χ1) is 9.74. The highest BCUT2D eigenvalue weighted by Crippen LogP contribution is 2.32. The monoisotopic (exact) mass is 276 g/mol. The third-order valence-electron chi connectivity index (χ3n) is 3.70. The lowest BCUT2D eigenvalue weighted by Crippen LogP contribution is -2.46. The number of fused-ring (bicyclic) bond motifs is 1. The fourth-order valence-electron chi connectivity index (χ4n) is 2.66. The van der Waals surface area contributed by atoms with E-state index in [0.29, 0.717) is 26.2 Å². The van der Waals surface area contributed by atoms with Crippen molar-refractivity contribution in [1.82, 2.24) is 5.32 Å². The molecule has 5 heteroatoms. The van der Waals surface area contributed by atoms with Crippen molar-refractivity contribution >= 4 is 11.6 Å². The number of carbonyl (C=O) groups is 1. The van der Waals surface area contributed by atoms with Gasteiger partial charge in [-0.1, -0.05) is 6.07 Å². The molecule has 2 aliphatic rings. The molecule has 1 amide bonds. The Labute approximate surface area is 118 Å². The summed E-state index contributed by atoms with van der Waals surface area (Å²) in [5.41, 5.74) is 2.02. The molecule has 1 aromatic rings. The molecule has 0 radical (unpaired) electrons. The van der Waals surface area contributed by atoms with Crippen LogP contribution < -0.4 is 15.0 Å². The Balaban J connectivity index is 1.72. The smallest absolute Gasteiger partial charge is 0.228 e. The number of morpholine rings is 1. The van der Waals surface area contributed by atoms with E-state index in [4.69, 9.17) is 9.47 Å². The van der Waals surface area contributed by atoms with Crippen molar-refractivity contribution < 1.29 is 14.3 Å². The van der Waals surface area contributed by atoms with Crippen LogP contribution in [-0.2, 0) is 9.53 Å². The van der Waals surface area contributed by atoms with Crippen LogP contribution in [0.5, 0.6) is 5.75 Å². The second-order valence-electron chi connectivity index (χ2n) is 5.30. The van der Waals surface area contributed by atoms with Gasteiger partial charge in [-0.15, -0.1) is 0 Å². The van der Waals surface area contributed by atoms with E-state index in [9.17, 15) is 4.79 Å². The molecule has 1 atom stereocenters. The average Bonchev–Trinajstić information content (AvgIpc) is 2.47. The summed E-state index contributed by atoms with van der Waals surface area (Å²) in [6.45, 7) is 5.34. The maximum atomic E-state index is 12.5. The number of amides is 1. The standard InChI is InChI=1S/C15H20N2O3/c1-11-2-3-13-14(8-11)20-7-5-17(13)15(18)9-12-10-19-6-4-16-12/h2-3,8,12,16H,4-7,9-10H2,1H3. The van der Waals surface area contributed by atoms with Crippen LogP contribution >= 0.6 is 0 Å². The lowest BCUT2D eigenvalue weighted by Gasteiger charge is -2.32. The van der Waals surface area contributed by atoms with Gasteiger partial charge in [0.2, 0.25) is 5.91 Å². The fraction of sp³-hybridized carbons (Fsp3) is 0.533. The molecule has 1 fully saturated rings. The summed E-state index contributed by atoms with van der Waals surface area (Å²) in [6.07, 6.45) is 0.466. The van der Waals surface area contributed by atoms with Crippen molar-refractivity contribution in [2.24, 2.45) is 0 Å². The van der Waals surface area contributed by atoms with Gasteiger partial charge in [-0.25, -0.2) is 0 Å². The van der Waals surface area contributed by atoms with E-state index >= 15 is 0 Å². The first-order valence-electron chi connectivity index (χ1n) is 7.09. The second kappa shape index (κ2) is 5.81. The van der Waals surface area contributed by atoms with Gasteiger partial charge in [-0.2, -0.15) is 0 Å². The summed E-state index contributed by atoms with van der Waals surface area (Å²) >= 11 is 0.